The molecule has 0 saturated carbocycles. The number of aromatic nitrogens is 1. The molecule has 2 bridgehead atoms. The largest absolute Gasteiger partial charge is 0.497 e. The smallest absolute Gasteiger partial charge is 0.303 e. The summed E-state index contributed by atoms with van der Waals surface area (Å²) in [4.78, 5) is 55.6. The fourth-order valence-corrected chi connectivity index (χ4v) is 7.55. The first kappa shape index (κ1) is 36.9. The van der Waals surface area contributed by atoms with Crippen LogP contribution in [0, 0.1) is 11.8 Å². The van der Waals surface area contributed by atoms with Crippen LogP contribution in [0.1, 0.15) is 52.1 Å². The van der Waals surface area contributed by atoms with Crippen molar-refractivity contribution in [3.8, 4) is 5.75 Å². The molecule has 4 fully saturated rings. The van der Waals surface area contributed by atoms with Crippen LogP contribution in [-0.4, -0.2) is 102 Å². The Labute approximate surface area is 296 Å². The maximum absolute atomic E-state index is 12.4. The first-order chi connectivity index (χ1) is 23.9. The number of carbonyl (C=O) groups is 4. The lowest BCUT2D eigenvalue weighted by Gasteiger charge is -2.52. The van der Waals surface area contributed by atoms with Crippen LogP contribution in [0.15, 0.2) is 43.1 Å². The van der Waals surface area contributed by atoms with Crippen LogP contribution in [0.3, 0.4) is 0 Å². The molecular formula is C35H44N4O10S. The number of hydrogen-bond acceptors (Lipinski definition) is 13. The van der Waals surface area contributed by atoms with Gasteiger partial charge in [-0.3, -0.25) is 29.1 Å². The molecule has 50 heavy (non-hydrogen) atoms. The number of pyridine rings is 1. The van der Waals surface area contributed by atoms with Crippen LogP contribution in [-0.2, 0) is 42.9 Å². The van der Waals surface area contributed by atoms with E-state index >= 15 is 0 Å². The molecule has 6 rings (SSSR count). The number of hydrogen-bond donors (Lipinski definition) is 2. The molecule has 4 saturated heterocycles. The Morgan fingerprint density at radius 3 is 2.36 bits per heavy atom. The number of benzene rings is 1. The van der Waals surface area contributed by atoms with Gasteiger partial charge in [0.15, 0.2) is 29.7 Å². The van der Waals surface area contributed by atoms with Gasteiger partial charge < -0.3 is 39.1 Å². The zero-order valence-corrected chi connectivity index (χ0v) is 29.6. The van der Waals surface area contributed by atoms with Gasteiger partial charge in [-0.25, -0.2) is 0 Å². The van der Waals surface area contributed by atoms with E-state index in [1.54, 1.807) is 13.3 Å². The van der Waals surface area contributed by atoms with E-state index < -0.39 is 54.5 Å². The first-order valence-corrected chi connectivity index (χ1v) is 17.0. The Balaban J connectivity index is 1.50. The Morgan fingerprint density at radius 2 is 1.74 bits per heavy atom. The van der Waals surface area contributed by atoms with Gasteiger partial charge in [-0.05, 0) is 73.3 Å². The SMILES string of the molecule is C=C[C@H]1CN2CC[C@H]1C[C@H]2[C@H](NC(=S)N[C@@H]1O[C@H](COC(C)=O)[C@@H](OC(C)=O)[C@H](OC(C)=O)[C@H]1OC(C)=O)c1ccnc2ccc(OC)cc12. The molecule has 0 radical (unpaired) electrons. The molecular weight excluding hydrogens is 668 g/mol. The van der Waals surface area contributed by atoms with Gasteiger partial charge in [-0.1, -0.05) is 6.08 Å². The van der Waals surface area contributed by atoms with E-state index in [0.29, 0.717) is 17.6 Å². The highest BCUT2D eigenvalue weighted by Crippen LogP contribution is 2.42. The molecule has 5 heterocycles. The summed E-state index contributed by atoms with van der Waals surface area (Å²) in [5.41, 5.74) is 1.74. The van der Waals surface area contributed by atoms with E-state index in [4.69, 9.17) is 40.6 Å². The standard InChI is InChI=1S/C35H44N4O10S/c1-7-22-16-39-13-11-23(22)14-28(39)30(25-10-12-36-27-9-8-24(44-6)15-26(25)27)37-35(50)38-34-33(48-21(5)43)32(47-20(4)42)31(46-19(3)41)29(49-34)17-45-18(2)40/h7-10,12,15,22-23,28-34H,1,11,13-14,16-17H2,2-6H3,(H2,37,38,50)/t22-,23-,28-,29+,30+,31+,32-,33+,34+/m0/s1. The fraction of sp³-hybridized carbons (Fsp3) is 0.543. The maximum Gasteiger partial charge on any atom is 0.303 e. The molecule has 270 valence electrons. The molecule has 0 aliphatic carbocycles. The third-order valence-electron chi connectivity index (χ3n) is 9.41. The van der Waals surface area contributed by atoms with Crippen molar-refractivity contribution in [2.75, 3.05) is 26.8 Å². The molecule has 1 aromatic carbocycles. The van der Waals surface area contributed by atoms with Crippen molar-refractivity contribution in [3.63, 3.8) is 0 Å². The Morgan fingerprint density at radius 1 is 1.04 bits per heavy atom. The Hall–Kier alpha value is -4.34. The number of nitrogens with zero attached hydrogens (tertiary/aromatic N) is 2. The lowest BCUT2D eigenvalue weighted by molar-refractivity contribution is -0.255. The lowest BCUT2D eigenvalue weighted by Crippen LogP contribution is -2.67. The van der Waals surface area contributed by atoms with Gasteiger partial charge in [0.05, 0.1) is 18.7 Å². The minimum atomic E-state index is -1.33. The second-order valence-electron chi connectivity index (χ2n) is 12.7. The number of piperidine rings is 3. The third kappa shape index (κ3) is 8.50. The summed E-state index contributed by atoms with van der Waals surface area (Å²) in [6, 6.07) is 7.38. The highest BCUT2D eigenvalue weighted by molar-refractivity contribution is 7.80. The molecule has 10 atom stereocenters. The van der Waals surface area contributed by atoms with E-state index in [1.807, 2.05) is 30.3 Å². The van der Waals surface area contributed by atoms with Crippen LogP contribution in [0.25, 0.3) is 10.9 Å². The van der Waals surface area contributed by atoms with Crippen molar-refractivity contribution in [1.29, 1.82) is 0 Å². The number of nitrogens with one attached hydrogen (secondary N) is 2. The van der Waals surface area contributed by atoms with Crippen LogP contribution in [0.4, 0.5) is 0 Å². The fourth-order valence-electron chi connectivity index (χ4n) is 7.31. The molecule has 4 aliphatic heterocycles. The predicted octanol–water partition coefficient (Wildman–Crippen LogP) is 2.73. The number of ether oxygens (including phenoxy) is 6. The van der Waals surface area contributed by atoms with Gasteiger partial charge in [-0.2, -0.15) is 0 Å². The number of fused-ring (bicyclic) bond motifs is 4. The molecule has 2 aromatic rings. The van der Waals surface area contributed by atoms with Crippen molar-refractivity contribution in [3.05, 3.63) is 48.7 Å². The number of rotatable bonds is 11. The van der Waals surface area contributed by atoms with Gasteiger partial charge in [0, 0.05) is 51.9 Å². The number of carbonyl (C=O) groups excluding carboxylic acids is 4. The Bertz CT molecular complexity index is 1620. The Kier molecular flexibility index (Phi) is 11.9. The van der Waals surface area contributed by atoms with Crippen molar-refractivity contribution >= 4 is 52.1 Å². The highest BCUT2D eigenvalue weighted by Gasteiger charge is 2.53. The average molecular weight is 713 g/mol. The first-order valence-electron chi connectivity index (χ1n) is 16.5. The maximum atomic E-state index is 12.4. The molecule has 14 nitrogen and oxygen atoms in total. The molecule has 0 spiro atoms. The lowest BCUT2D eigenvalue weighted by atomic mass is 9.73. The molecule has 15 heteroatoms. The molecule has 1 aromatic heterocycles. The minimum Gasteiger partial charge on any atom is -0.497 e. The monoisotopic (exact) mass is 712 g/mol. The second-order valence-corrected chi connectivity index (χ2v) is 13.2. The molecule has 1 unspecified atom stereocenters. The van der Waals surface area contributed by atoms with Crippen LogP contribution in [0.5, 0.6) is 5.75 Å². The summed E-state index contributed by atoms with van der Waals surface area (Å²) < 4.78 is 33.7. The normalized spacial score (nSPS) is 29.2. The van der Waals surface area contributed by atoms with Crippen LogP contribution in [0.2, 0.25) is 0 Å². The number of esters is 4. The van der Waals surface area contributed by atoms with E-state index in [1.165, 1.54) is 27.7 Å². The van der Waals surface area contributed by atoms with Gasteiger partial charge >= 0.3 is 23.9 Å². The molecule has 2 N–H and O–H groups in total. The summed E-state index contributed by atoms with van der Waals surface area (Å²) in [5.74, 6) is -1.24. The second kappa shape index (κ2) is 16.1. The summed E-state index contributed by atoms with van der Waals surface area (Å²) in [7, 11) is 1.61. The molecule has 0 amide bonds. The van der Waals surface area contributed by atoms with E-state index in [2.05, 4.69) is 27.1 Å². The average Bonchev–Trinajstić information content (AvgIpc) is 3.08. The van der Waals surface area contributed by atoms with Crippen LogP contribution >= 0.6 is 12.2 Å². The third-order valence-corrected chi connectivity index (χ3v) is 9.64. The summed E-state index contributed by atoms with van der Waals surface area (Å²) >= 11 is 5.92. The summed E-state index contributed by atoms with van der Waals surface area (Å²) in [6.45, 7) is 10.2. The van der Waals surface area contributed by atoms with Gasteiger partial charge in [0.2, 0.25) is 0 Å². The minimum absolute atomic E-state index is 0.0388. The van der Waals surface area contributed by atoms with Crippen molar-refractivity contribution in [2.45, 2.75) is 83.3 Å². The predicted molar refractivity (Wildman–Crippen MR) is 184 cm³/mol. The van der Waals surface area contributed by atoms with Crippen LogP contribution < -0.4 is 15.4 Å². The van der Waals surface area contributed by atoms with Crippen molar-refractivity contribution in [2.24, 2.45) is 11.8 Å². The summed E-state index contributed by atoms with van der Waals surface area (Å²) in [6.07, 6.45) is -0.520. The van der Waals surface area contributed by atoms with E-state index in [9.17, 15) is 19.2 Å². The topological polar surface area (TPSA) is 164 Å². The highest BCUT2D eigenvalue weighted by atomic mass is 32.1. The number of thiocarbonyl (C=S) groups is 1. The van der Waals surface area contributed by atoms with E-state index in [-0.39, 0.29) is 23.8 Å². The van der Waals surface area contributed by atoms with Crippen molar-refractivity contribution < 1.29 is 47.6 Å². The van der Waals surface area contributed by atoms with Gasteiger partial charge in [0.25, 0.3) is 0 Å². The zero-order valence-electron chi connectivity index (χ0n) is 28.8. The number of methoxy groups -OCH3 is 1. The van der Waals surface area contributed by atoms with E-state index in [0.717, 1.165) is 42.4 Å². The molecule has 4 aliphatic rings. The van der Waals surface area contributed by atoms with Gasteiger partial charge in [0.1, 0.15) is 18.5 Å². The van der Waals surface area contributed by atoms with Crippen molar-refractivity contribution in [1.82, 2.24) is 20.5 Å². The zero-order chi connectivity index (χ0) is 36.1. The summed E-state index contributed by atoms with van der Waals surface area (Å²) in [5, 5.41) is 7.67. The van der Waals surface area contributed by atoms with Gasteiger partial charge in [-0.15, -0.1) is 6.58 Å². The quantitative estimate of drug-likeness (QED) is 0.151.